The van der Waals surface area contributed by atoms with E-state index in [1.165, 1.54) is 24.0 Å². The van der Waals surface area contributed by atoms with E-state index in [0.717, 1.165) is 6.61 Å². The van der Waals surface area contributed by atoms with Gasteiger partial charge in [0.15, 0.2) is 0 Å². The molecule has 0 heterocycles. The maximum absolute atomic E-state index is 5.53. The SMILES string of the molecule is CCOC1CCC(C)=C1C. The van der Waals surface area contributed by atoms with E-state index < -0.39 is 0 Å². The van der Waals surface area contributed by atoms with Crippen LogP contribution < -0.4 is 0 Å². The average Bonchev–Trinajstić information content (AvgIpc) is 2.20. The third kappa shape index (κ3) is 1.40. The summed E-state index contributed by atoms with van der Waals surface area (Å²) in [7, 11) is 0. The molecule has 0 spiro atoms. The highest BCUT2D eigenvalue weighted by Crippen LogP contribution is 2.27. The van der Waals surface area contributed by atoms with Crippen molar-refractivity contribution in [3.05, 3.63) is 11.1 Å². The first-order valence-electron chi connectivity index (χ1n) is 4.03. The minimum Gasteiger partial charge on any atom is -0.374 e. The van der Waals surface area contributed by atoms with E-state index in [4.69, 9.17) is 4.74 Å². The summed E-state index contributed by atoms with van der Waals surface area (Å²) in [5.41, 5.74) is 2.99. The lowest BCUT2D eigenvalue weighted by atomic mass is 10.2. The van der Waals surface area contributed by atoms with Crippen molar-refractivity contribution in [2.45, 2.75) is 39.7 Å². The van der Waals surface area contributed by atoms with Crippen molar-refractivity contribution in [1.82, 2.24) is 0 Å². The second-order valence-electron chi connectivity index (χ2n) is 2.95. The van der Waals surface area contributed by atoms with Crippen molar-refractivity contribution in [3.63, 3.8) is 0 Å². The number of hydrogen-bond acceptors (Lipinski definition) is 1. The molecule has 0 amide bonds. The zero-order valence-corrected chi connectivity index (χ0v) is 7.11. The van der Waals surface area contributed by atoms with Gasteiger partial charge in [0.1, 0.15) is 0 Å². The van der Waals surface area contributed by atoms with Gasteiger partial charge in [-0.1, -0.05) is 5.57 Å². The summed E-state index contributed by atoms with van der Waals surface area (Å²) in [6.07, 6.45) is 2.87. The van der Waals surface area contributed by atoms with Crippen molar-refractivity contribution in [2.75, 3.05) is 6.61 Å². The number of ether oxygens (including phenoxy) is 1. The summed E-state index contributed by atoms with van der Waals surface area (Å²) in [4.78, 5) is 0. The molecule has 1 unspecified atom stereocenters. The molecule has 1 rings (SSSR count). The Morgan fingerprint density at radius 2 is 2.20 bits per heavy atom. The Labute approximate surface area is 63.1 Å². The molecule has 0 radical (unpaired) electrons. The molecular weight excluding hydrogens is 124 g/mol. The Hall–Kier alpha value is -0.300. The van der Waals surface area contributed by atoms with Crippen LogP contribution in [0.5, 0.6) is 0 Å². The molecule has 0 aromatic rings. The lowest BCUT2D eigenvalue weighted by Gasteiger charge is -2.10. The van der Waals surface area contributed by atoms with Gasteiger partial charge in [-0.15, -0.1) is 0 Å². The average molecular weight is 140 g/mol. The van der Waals surface area contributed by atoms with Crippen LogP contribution in [0, 0.1) is 0 Å². The highest BCUT2D eigenvalue weighted by molar-refractivity contribution is 5.20. The van der Waals surface area contributed by atoms with Gasteiger partial charge in [-0.25, -0.2) is 0 Å². The van der Waals surface area contributed by atoms with Crippen molar-refractivity contribution >= 4 is 0 Å². The molecule has 0 fully saturated rings. The smallest absolute Gasteiger partial charge is 0.0787 e. The molecule has 1 atom stereocenters. The quantitative estimate of drug-likeness (QED) is 0.535. The molecule has 0 saturated carbocycles. The fraction of sp³-hybridized carbons (Fsp3) is 0.778. The first-order valence-corrected chi connectivity index (χ1v) is 4.03. The Balaban J connectivity index is 2.50. The van der Waals surface area contributed by atoms with E-state index in [-0.39, 0.29) is 0 Å². The van der Waals surface area contributed by atoms with Gasteiger partial charge in [0, 0.05) is 6.61 Å². The van der Waals surface area contributed by atoms with Crippen LogP contribution in [-0.2, 0) is 4.74 Å². The minimum absolute atomic E-state index is 0.435. The molecule has 0 N–H and O–H groups in total. The third-order valence-electron chi connectivity index (χ3n) is 2.31. The summed E-state index contributed by atoms with van der Waals surface area (Å²) >= 11 is 0. The lowest BCUT2D eigenvalue weighted by molar-refractivity contribution is 0.0891. The Kier molecular flexibility index (Phi) is 2.50. The fourth-order valence-corrected chi connectivity index (χ4v) is 1.45. The second kappa shape index (κ2) is 3.20. The zero-order chi connectivity index (χ0) is 7.56. The minimum atomic E-state index is 0.435. The van der Waals surface area contributed by atoms with Gasteiger partial charge >= 0.3 is 0 Å². The van der Waals surface area contributed by atoms with Crippen LogP contribution >= 0.6 is 0 Å². The molecule has 58 valence electrons. The lowest BCUT2D eigenvalue weighted by Crippen LogP contribution is -2.09. The summed E-state index contributed by atoms with van der Waals surface area (Å²) in [6.45, 7) is 7.28. The van der Waals surface area contributed by atoms with E-state index in [0.29, 0.717) is 6.10 Å². The predicted molar refractivity (Wildman–Crippen MR) is 43.0 cm³/mol. The third-order valence-corrected chi connectivity index (χ3v) is 2.31. The van der Waals surface area contributed by atoms with E-state index in [1.54, 1.807) is 0 Å². The van der Waals surface area contributed by atoms with E-state index in [9.17, 15) is 0 Å². The fourth-order valence-electron chi connectivity index (χ4n) is 1.45. The van der Waals surface area contributed by atoms with Gasteiger partial charge < -0.3 is 4.74 Å². The maximum atomic E-state index is 5.53. The van der Waals surface area contributed by atoms with Crippen LogP contribution in [0.1, 0.15) is 33.6 Å². The van der Waals surface area contributed by atoms with Gasteiger partial charge in [-0.05, 0) is 39.2 Å². The standard InChI is InChI=1S/C9H16O/c1-4-10-9-6-5-7(2)8(9)3/h9H,4-6H2,1-3H3. The Morgan fingerprint density at radius 3 is 2.60 bits per heavy atom. The first-order chi connectivity index (χ1) is 4.75. The monoisotopic (exact) mass is 140 g/mol. The molecule has 0 saturated heterocycles. The predicted octanol–water partition coefficient (Wildman–Crippen LogP) is 2.52. The summed E-state index contributed by atoms with van der Waals surface area (Å²) in [6, 6.07) is 0. The first kappa shape index (κ1) is 7.80. The summed E-state index contributed by atoms with van der Waals surface area (Å²) in [5, 5.41) is 0. The number of rotatable bonds is 2. The maximum Gasteiger partial charge on any atom is 0.0787 e. The van der Waals surface area contributed by atoms with Crippen LogP contribution in [0.15, 0.2) is 11.1 Å². The molecule has 1 nitrogen and oxygen atoms in total. The summed E-state index contributed by atoms with van der Waals surface area (Å²) in [5.74, 6) is 0. The second-order valence-corrected chi connectivity index (χ2v) is 2.95. The Morgan fingerprint density at radius 1 is 1.50 bits per heavy atom. The van der Waals surface area contributed by atoms with Crippen LogP contribution in [-0.4, -0.2) is 12.7 Å². The molecule has 1 aliphatic rings. The highest BCUT2D eigenvalue weighted by Gasteiger charge is 2.18. The molecular formula is C9H16O. The van der Waals surface area contributed by atoms with Crippen molar-refractivity contribution in [2.24, 2.45) is 0 Å². The molecule has 0 aromatic carbocycles. The van der Waals surface area contributed by atoms with Crippen molar-refractivity contribution < 1.29 is 4.74 Å². The van der Waals surface area contributed by atoms with Crippen LogP contribution in [0.3, 0.4) is 0 Å². The van der Waals surface area contributed by atoms with Gasteiger partial charge in [0.05, 0.1) is 6.10 Å². The normalized spacial score (nSPS) is 26.1. The highest BCUT2D eigenvalue weighted by atomic mass is 16.5. The molecule has 0 bridgehead atoms. The number of hydrogen-bond donors (Lipinski definition) is 0. The van der Waals surface area contributed by atoms with Gasteiger partial charge in [0.25, 0.3) is 0 Å². The van der Waals surface area contributed by atoms with Crippen LogP contribution in [0.2, 0.25) is 0 Å². The molecule has 0 aliphatic heterocycles. The van der Waals surface area contributed by atoms with E-state index in [1.807, 2.05) is 0 Å². The van der Waals surface area contributed by atoms with Crippen LogP contribution in [0.25, 0.3) is 0 Å². The van der Waals surface area contributed by atoms with Gasteiger partial charge in [-0.2, -0.15) is 0 Å². The van der Waals surface area contributed by atoms with Crippen LogP contribution in [0.4, 0.5) is 0 Å². The molecule has 10 heavy (non-hydrogen) atoms. The topological polar surface area (TPSA) is 9.23 Å². The molecule has 0 aromatic heterocycles. The zero-order valence-electron chi connectivity index (χ0n) is 7.11. The number of allylic oxidation sites excluding steroid dienone is 1. The largest absolute Gasteiger partial charge is 0.374 e. The van der Waals surface area contributed by atoms with Gasteiger partial charge in [-0.3, -0.25) is 0 Å². The van der Waals surface area contributed by atoms with Crippen molar-refractivity contribution in [1.29, 1.82) is 0 Å². The molecule has 1 aliphatic carbocycles. The molecule has 1 heteroatoms. The van der Waals surface area contributed by atoms with E-state index >= 15 is 0 Å². The van der Waals surface area contributed by atoms with E-state index in [2.05, 4.69) is 20.8 Å². The van der Waals surface area contributed by atoms with Gasteiger partial charge in [0.2, 0.25) is 0 Å². The Bertz CT molecular complexity index is 147. The van der Waals surface area contributed by atoms with Crippen molar-refractivity contribution in [3.8, 4) is 0 Å². The summed E-state index contributed by atoms with van der Waals surface area (Å²) < 4.78 is 5.53.